The Balaban J connectivity index is 1.81. The van der Waals surface area contributed by atoms with E-state index in [0.717, 1.165) is 5.69 Å². The molecular formula is C16H13ClFN3OS. The molecule has 0 atom stereocenters. The number of thiocarbonyl (C=S) groups is 1. The number of halogens is 2. The van der Waals surface area contributed by atoms with Crippen LogP contribution in [0.3, 0.4) is 0 Å². The van der Waals surface area contributed by atoms with Crippen LogP contribution >= 0.6 is 23.8 Å². The summed E-state index contributed by atoms with van der Waals surface area (Å²) in [5.74, 6) is -0.863. The Bertz CT molecular complexity index is 734. The van der Waals surface area contributed by atoms with E-state index in [1.54, 1.807) is 42.5 Å². The maximum absolute atomic E-state index is 13.4. The van der Waals surface area contributed by atoms with Crippen LogP contribution in [-0.2, 0) is 4.79 Å². The molecule has 0 aliphatic heterocycles. The number of carbonyl (C=O) groups excluding carboxylic acids is 1. The molecule has 0 aliphatic carbocycles. The zero-order valence-corrected chi connectivity index (χ0v) is 13.4. The average Bonchev–Trinajstić information content (AvgIpc) is 2.54. The fourth-order valence-corrected chi connectivity index (χ4v) is 1.93. The lowest BCUT2D eigenvalue weighted by Gasteiger charge is -2.10. The molecule has 0 radical (unpaired) electrons. The Morgan fingerprint density at radius 2 is 1.78 bits per heavy atom. The van der Waals surface area contributed by atoms with E-state index in [4.69, 9.17) is 23.8 Å². The zero-order valence-electron chi connectivity index (χ0n) is 11.8. The first-order valence-corrected chi connectivity index (χ1v) is 7.38. The molecular weight excluding hydrogens is 337 g/mol. The summed E-state index contributed by atoms with van der Waals surface area (Å²) in [6, 6.07) is 13.1. The van der Waals surface area contributed by atoms with E-state index in [9.17, 15) is 9.18 Å². The lowest BCUT2D eigenvalue weighted by atomic mass is 10.2. The minimum absolute atomic E-state index is 0.208. The second-order valence-corrected chi connectivity index (χ2v) is 5.27. The standard InChI is InChI=1S/C16H13ClFN3OS/c17-12-6-8-13(9-7-12)19-16(23)21-20-15(22)10-5-11-3-1-2-4-14(11)18/h1-10H,(H,20,22)(H2,19,21,23)/b10-5+. The van der Waals surface area contributed by atoms with Gasteiger partial charge in [-0.05, 0) is 48.6 Å². The Morgan fingerprint density at radius 3 is 2.48 bits per heavy atom. The molecule has 0 saturated carbocycles. The topological polar surface area (TPSA) is 53.2 Å². The summed E-state index contributed by atoms with van der Waals surface area (Å²) in [5.41, 5.74) is 5.96. The first kappa shape index (κ1) is 16.9. The van der Waals surface area contributed by atoms with Crippen LogP contribution < -0.4 is 16.2 Å². The number of benzene rings is 2. The normalized spacial score (nSPS) is 10.3. The molecule has 2 rings (SSSR count). The molecule has 7 heteroatoms. The number of amides is 1. The maximum Gasteiger partial charge on any atom is 0.262 e. The van der Waals surface area contributed by atoms with Gasteiger partial charge in [0.2, 0.25) is 0 Å². The highest BCUT2D eigenvalue weighted by Crippen LogP contribution is 2.13. The number of hydrogen-bond donors (Lipinski definition) is 3. The lowest BCUT2D eigenvalue weighted by molar-refractivity contribution is -0.116. The van der Waals surface area contributed by atoms with Crippen molar-refractivity contribution in [2.24, 2.45) is 0 Å². The average molecular weight is 350 g/mol. The van der Waals surface area contributed by atoms with Gasteiger partial charge in [-0.25, -0.2) is 4.39 Å². The summed E-state index contributed by atoms with van der Waals surface area (Å²) >= 11 is 10.8. The number of hydrogen-bond acceptors (Lipinski definition) is 2. The first-order valence-electron chi connectivity index (χ1n) is 6.60. The Labute approximate surface area is 143 Å². The van der Waals surface area contributed by atoms with Gasteiger partial charge in [-0.3, -0.25) is 15.6 Å². The highest BCUT2D eigenvalue weighted by Gasteiger charge is 2.00. The third kappa shape index (κ3) is 5.69. The van der Waals surface area contributed by atoms with Gasteiger partial charge >= 0.3 is 0 Å². The van der Waals surface area contributed by atoms with E-state index in [0.29, 0.717) is 10.6 Å². The van der Waals surface area contributed by atoms with Crippen LogP contribution in [0.2, 0.25) is 5.02 Å². The molecule has 118 valence electrons. The molecule has 0 aliphatic rings. The van der Waals surface area contributed by atoms with Gasteiger partial charge in [0.25, 0.3) is 5.91 Å². The summed E-state index contributed by atoms with van der Waals surface area (Å²) in [6.07, 6.45) is 2.58. The predicted molar refractivity (Wildman–Crippen MR) is 94.4 cm³/mol. The van der Waals surface area contributed by atoms with Crippen molar-refractivity contribution in [2.45, 2.75) is 0 Å². The number of carbonyl (C=O) groups is 1. The van der Waals surface area contributed by atoms with Crippen molar-refractivity contribution >= 4 is 46.6 Å². The highest BCUT2D eigenvalue weighted by molar-refractivity contribution is 7.80. The van der Waals surface area contributed by atoms with Gasteiger partial charge in [0.05, 0.1) is 0 Å². The first-order chi connectivity index (χ1) is 11.0. The Morgan fingerprint density at radius 1 is 1.09 bits per heavy atom. The van der Waals surface area contributed by atoms with Crippen molar-refractivity contribution in [3.05, 3.63) is 71.0 Å². The van der Waals surface area contributed by atoms with Gasteiger partial charge in [0.15, 0.2) is 5.11 Å². The molecule has 0 heterocycles. The van der Waals surface area contributed by atoms with Gasteiger partial charge < -0.3 is 5.32 Å². The van der Waals surface area contributed by atoms with Crippen molar-refractivity contribution in [1.29, 1.82) is 0 Å². The van der Waals surface area contributed by atoms with Gasteiger partial charge in [-0.15, -0.1) is 0 Å². The summed E-state index contributed by atoms with van der Waals surface area (Å²) in [6.45, 7) is 0. The van der Waals surface area contributed by atoms with Crippen LogP contribution in [0.1, 0.15) is 5.56 Å². The number of rotatable bonds is 3. The summed E-state index contributed by atoms with van der Waals surface area (Å²) < 4.78 is 13.4. The molecule has 23 heavy (non-hydrogen) atoms. The Kier molecular flexibility index (Phi) is 6.08. The van der Waals surface area contributed by atoms with Crippen molar-refractivity contribution in [1.82, 2.24) is 10.9 Å². The molecule has 4 nitrogen and oxygen atoms in total. The summed E-state index contributed by atoms with van der Waals surface area (Å²) in [7, 11) is 0. The molecule has 0 fully saturated rings. The lowest BCUT2D eigenvalue weighted by Crippen LogP contribution is -2.43. The van der Waals surface area contributed by atoms with Crippen LogP contribution in [-0.4, -0.2) is 11.0 Å². The summed E-state index contributed by atoms with van der Waals surface area (Å²) in [4.78, 5) is 11.6. The van der Waals surface area contributed by atoms with Crippen molar-refractivity contribution < 1.29 is 9.18 Å². The molecule has 3 N–H and O–H groups in total. The smallest absolute Gasteiger partial charge is 0.262 e. The third-order valence-electron chi connectivity index (χ3n) is 2.72. The van der Waals surface area contributed by atoms with E-state index in [-0.39, 0.29) is 5.11 Å². The largest absolute Gasteiger partial charge is 0.331 e. The summed E-state index contributed by atoms with van der Waals surface area (Å²) in [5, 5.41) is 3.69. The monoisotopic (exact) mass is 349 g/mol. The molecule has 1 amide bonds. The Hall–Kier alpha value is -2.44. The van der Waals surface area contributed by atoms with Gasteiger partial charge in [-0.1, -0.05) is 29.8 Å². The van der Waals surface area contributed by atoms with Gasteiger partial charge in [0.1, 0.15) is 5.82 Å². The SMILES string of the molecule is O=C(/C=C/c1ccccc1F)NNC(=S)Nc1ccc(Cl)cc1. The number of hydrazine groups is 1. The molecule has 0 bridgehead atoms. The van der Waals surface area contributed by atoms with E-state index in [2.05, 4.69) is 16.2 Å². The molecule has 0 unspecified atom stereocenters. The fourth-order valence-electron chi connectivity index (χ4n) is 1.63. The number of nitrogens with one attached hydrogen (secondary N) is 3. The molecule has 0 aromatic heterocycles. The maximum atomic E-state index is 13.4. The third-order valence-corrected chi connectivity index (χ3v) is 3.18. The van der Waals surface area contributed by atoms with E-state index in [1.807, 2.05) is 0 Å². The second kappa shape index (κ2) is 8.26. The minimum Gasteiger partial charge on any atom is -0.331 e. The molecule has 0 spiro atoms. The van der Waals surface area contributed by atoms with Crippen LogP contribution in [0.5, 0.6) is 0 Å². The van der Waals surface area contributed by atoms with E-state index >= 15 is 0 Å². The fraction of sp³-hybridized carbons (Fsp3) is 0. The zero-order chi connectivity index (χ0) is 16.7. The van der Waals surface area contributed by atoms with E-state index < -0.39 is 11.7 Å². The van der Waals surface area contributed by atoms with E-state index in [1.165, 1.54) is 18.2 Å². The predicted octanol–water partition coefficient (Wildman–Crippen LogP) is 3.51. The van der Waals surface area contributed by atoms with Gasteiger partial charge in [0, 0.05) is 22.3 Å². The van der Waals surface area contributed by atoms with Crippen molar-refractivity contribution in [3.8, 4) is 0 Å². The molecule has 2 aromatic carbocycles. The highest BCUT2D eigenvalue weighted by atomic mass is 35.5. The van der Waals surface area contributed by atoms with Crippen LogP contribution in [0.15, 0.2) is 54.6 Å². The van der Waals surface area contributed by atoms with Crippen LogP contribution in [0.25, 0.3) is 6.08 Å². The van der Waals surface area contributed by atoms with Crippen LogP contribution in [0, 0.1) is 5.82 Å². The minimum atomic E-state index is -0.464. The van der Waals surface area contributed by atoms with Crippen molar-refractivity contribution in [3.63, 3.8) is 0 Å². The molecule has 2 aromatic rings. The quantitative estimate of drug-likeness (QED) is 0.451. The van der Waals surface area contributed by atoms with Gasteiger partial charge in [-0.2, -0.15) is 0 Å². The number of anilines is 1. The second-order valence-electron chi connectivity index (χ2n) is 4.43. The molecule has 0 saturated heterocycles. The van der Waals surface area contributed by atoms with Crippen LogP contribution in [0.4, 0.5) is 10.1 Å². The van der Waals surface area contributed by atoms with Crippen molar-refractivity contribution in [2.75, 3.05) is 5.32 Å².